The number of aromatic nitrogens is 1. The quantitative estimate of drug-likeness (QED) is 0.793. The summed E-state index contributed by atoms with van der Waals surface area (Å²) < 4.78 is 13.4. The summed E-state index contributed by atoms with van der Waals surface area (Å²) in [7, 11) is 0. The molecule has 0 aliphatic carbocycles. The molecule has 0 saturated carbocycles. The van der Waals surface area contributed by atoms with Crippen LogP contribution in [0.25, 0.3) is 10.9 Å². The van der Waals surface area contributed by atoms with Crippen molar-refractivity contribution in [3.05, 3.63) is 35.8 Å². The zero-order valence-electron chi connectivity index (χ0n) is 10.9. The van der Waals surface area contributed by atoms with Crippen molar-refractivity contribution in [1.29, 1.82) is 0 Å². The van der Waals surface area contributed by atoms with Crippen LogP contribution in [0.2, 0.25) is 0 Å². The Labute approximate surface area is 107 Å². The van der Waals surface area contributed by atoms with Gasteiger partial charge in [-0.25, -0.2) is 4.39 Å². The van der Waals surface area contributed by atoms with Crippen molar-refractivity contribution in [2.24, 2.45) is 5.41 Å². The summed E-state index contributed by atoms with van der Waals surface area (Å²) in [6, 6.07) is 4.98. The van der Waals surface area contributed by atoms with E-state index in [0.29, 0.717) is 5.92 Å². The zero-order chi connectivity index (χ0) is 12.8. The SMILES string of the molecule is CC1(C)CNCCC1c1c[nH]c2ccc(F)cc12. The third-order valence-corrected chi connectivity index (χ3v) is 4.18. The number of H-pyrrole nitrogens is 1. The van der Waals surface area contributed by atoms with E-state index in [-0.39, 0.29) is 11.2 Å². The molecule has 0 spiro atoms. The summed E-state index contributed by atoms with van der Waals surface area (Å²) in [6.07, 6.45) is 3.16. The van der Waals surface area contributed by atoms with Crippen LogP contribution in [0.1, 0.15) is 31.7 Å². The largest absolute Gasteiger partial charge is 0.361 e. The number of benzene rings is 1. The average Bonchev–Trinajstić information content (AvgIpc) is 2.71. The predicted octanol–water partition coefficient (Wildman–Crippen LogP) is 3.41. The molecule has 1 aliphatic heterocycles. The van der Waals surface area contributed by atoms with Gasteiger partial charge in [0.1, 0.15) is 5.82 Å². The molecule has 3 heteroatoms. The van der Waals surface area contributed by atoms with E-state index in [2.05, 4.69) is 30.3 Å². The fourth-order valence-corrected chi connectivity index (χ4v) is 3.15. The Hall–Kier alpha value is -1.35. The monoisotopic (exact) mass is 246 g/mol. The lowest BCUT2D eigenvalue weighted by Gasteiger charge is -2.39. The topological polar surface area (TPSA) is 27.8 Å². The second-order valence-electron chi connectivity index (χ2n) is 5.94. The Balaban J connectivity index is 2.10. The van der Waals surface area contributed by atoms with Crippen LogP contribution in [-0.4, -0.2) is 18.1 Å². The molecule has 0 bridgehead atoms. The molecule has 1 unspecified atom stereocenters. The summed E-state index contributed by atoms with van der Waals surface area (Å²) in [5.74, 6) is 0.324. The van der Waals surface area contributed by atoms with Crippen LogP contribution >= 0.6 is 0 Å². The molecule has 3 rings (SSSR count). The molecule has 2 nitrogen and oxygen atoms in total. The van der Waals surface area contributed by atoms with Gasteiger partial charge in [-0.15, -0.1) is 0 Å². The van der Waals surface area contributed by atoms with Crippen molar-refractivity contribution in [2.45, 2.75) is 26.2 Å². The number of nitrogens with one attached hydrogen (secondary N) is 2. The molecule has 96 valence electrons. The molecular weight excluding hydrogens is 227 g/mol. The highest BCUT2D eigenvalue weighted by molar-refractivity contribution is 5.83. The number of hydrogen-bond donors (Lipinski definition) is 2. The average molecular weight is 246 g/mol. The standard InChI is InChI=1S/C15H19FN2/c1-15(2)9-17-6-5-13(15)12-8-18-14-4-3-10(16)7-11(12)14/h3-4,7-8,13,17-18H,5-6,9H2,1-2H3. The number of aromatic amines is 1. The van der Waals surface area contributed by atoms with E-state index in [4.69, 9.17) is 0 Å². The van der Waals surface area contributed by atoms with Gasteiger partial charge in [-0.1, -0.05) is 13.8 Å². The number of rotatable bonds is 1. The second-order valence-corrected chi connectivity index (χ2v) is 5.94. The first-order valence-corrected chi connectivity index (χ1v) is 6.55. The number of piperidine rings is 1. The Bertz CT molecular complexity index is 571. The van der Waals surface area contributed by atoms with E-state index in [1.165, 1.54) is 11.6 Å². The number of hydrogen-bond acceptors (Lipinski definition) is 1. The Morgan fingerprint density at radius 3 is 2.94 bits per heavy atom. The number of halogens is 1. The Morgan fingerprint density at radius 2 is 2.17 bits per heavy atom. The highest BCUT2D eigenvalue weighted by atomic mass is 19.1. The van der Waals surface area contributed by atoms with Gasteiger partial charge in [-0.05, 0) is 48.1 Å². The first kappa shape index (κ1) is 11.7. The molecule has 2 aromatic rings. The molecular formula is C15H19FN2. The molecule has 2 N–H and O–H groups in total. The van der Waals surface area contributed by atoms with Crippen LogP contribution in [-0.2, 0) is 0 Å². The van der Waals surface area contributed by atoms with E-state index < -0.39 is 0 Å². The van der Waals surface area contributed by atoms with E-state index in [9.17, 15) is 4.39 Å². The Kier molecular flexibility index (Phi) is 2.67. The summed E-state index contributed by atoms with van der Waals surface area (Å²) in [5, 5.41) is 4.48. The lowest BCUT2D eigenvalue weighted by atomic mass is 9.71. The normalized spacial score (nSPS) is 23.4. The van der Waals surface area contributed by atoms with Crippen LogP contribution in [0, 0.1) is 11.2 Å². The molecule has 2 heterocycles. The molecule has 1 aromatic carbocycles. The minimum Gasteiger partial charge on any atom is -0.361 e. The molecule has 1 saturated heterocycles. The van der Waals surface area contributed by atoms with Gasteiger partial charge >= 0.3 is 0 Å². The molecule has 1 atom stereocenters. The maximum Gasteiger partial charge on any atom is 0.123 e. The van der Waals surface area contributed by atoms with E-state index >= 15 is 0 Å². The van der Waals surface area contributed by atoms with Gasteiger partial charge in [0.15, 0.2) is 0 Å². The fraction of sp³-hybridized carbons (Fsp3) is 0.467. The van der Waals surface area contributed by atoms with Crippen molar-refractivity contribution in [1.82, 2.24) is 10.3 Å². The number of fused-ring (bicyclic) bond motifs is 1. The fourth-order valence-electron chi connectivity index (χ4n) is 3.15. The van der Waals surface area contributed by atoms with Crippen LogP contribution < -0.4 is 5.32 Å². The highest BCUT2D eigenvalue weighted by Crippen LogP contribution is 2.42. The molecule has 1 aliphatic rings. The third kappa shape index (κ3) is 1.83. The van der Waals surface area contributed by atoms with Crippen molar-refractivity contribution < 1.29 is 4.39 Å². The van der Waals surface area contributed by atoms with Gasteiger partial charge in [0.05, 0.1) is 0 Å². The van der Waals surface area contributed by atoms with Crippen molar-refractivity contribution in [3.63, 3.8) is 0 Å². The summed E-state index contributed by atoms with van der Waals surface area (Å²) >= 11 is 0. The first-order chi connectivity index (χ1) is 8.58. The molecule has 18 heavy (non-hydrogen) atoms. The zero-order valence-corrected chi connectivity index (χ0v) is 10.9. The van der Waals surface area contributed by atoms with Gasteiger partial charge in [-0.2, -0.15) is 0 Å². The molecule has 0 amide bonds. The maximum absolute atomic E-state index is 13.4. The van der Waals surface area contributed by atoms with Crippen molar-refractivity contribution >= 4 is 10.9 Å². The summed E-state index contributed by atoms with van der Waals surface area (Å²) in [5.41, 5.74) is 2.50. The predicted molar refractivity (Wildman–Crippen MR) is 72.3 cm³/mol. The van der Waals surface area contributed by atoms with Crippen molar-refractivity contribution in [2.75, 3.05) is 13.1 Å². The van der Waals surface area contributed by atoms with Gasteiger partial charge in [0.25, 0.3) is 0 Å². The Morgan fingerprint density at radius 1 is 1.33 bits per heavy atom. The van der Waals surface area contributed by atoms with Crippen LogP contribution in [0.5, 0.6) is 0 Å². The van der Waals surface area contributed by atoms with Crippen LogP contribution in [0.15, 0.2) is 24.4 Å². The van der Waals surface area contributed by atoms with Crippen molar-refractivity contribution in [3.8, 4) is 0 Å². The van der Waals surface area contributed by atoms with Crippen LogP contribution in [0.3, 0.4) is 0 Å². The van der Waals surface area contributed by atoms with E-state index in [1.807, 2.05) is 6.07 Å². The van der Waals surface area contributed by atoms with Crippen LogP contribution in [0.4, 0.5) is 4.39 Å². The van der Waals surface area contributed by atoms with Gasteiger partial charge in [-0.3, -0.25) is 0 Å². The smallest absolute Gasteiger partial charge is 0.123 e. The highest BCUT2D eigenvalue weighted by Gasteiger charge is 2.34. The lowest BCUT2D eigenvalue weighted by molar-refractivity contribution is 0.220. The first-order valence-electron chi connectivity index (χ1n) is 6.55. The van der Waals surface area contributed by atoms with Gasteiger partial charge in [0.2, 0.25) is 0 Å². The summed E-state index contributed by atoms with van der Waals surface area (Å²) in [6.45, 7) is 6.61. The van der Waals surface area contributed by atoms with Gasteiger partial charge in [0, 0.05) is 23.6 Å². The van der Waals surface area contributed by atoms with E-state index in [0.717, 1.165) is 30.4 Å². The van der Waals surface area contributed by atoms with E-state index in [1.54, 1.807) is 6.07 Å². The summed E-state index contributed by atoms with van der Waals surface area (Å²) in [4.78, 5) is 3.26. The van der Waals surface area contributed by atoms with Gasteiger partial charge < -0.3 is 10.3 Å². The minimum atomic E-state index is -0.157. The second kappa shape index (κ2) is 4.09. The minimum absolute atomic E-state index is 0.157. The third-order valence-electron chi connectivity index (χ3n) is 4.18. The lowest BCUT2D eigenvalue weighted by Crippen LogP contribution is -2.41. The molecule has 1 aromatic heterocycles. The maximum atomic E-state index is 13.4. The molecule has 1 fully saturated rings. The molecule has 0 radical (unpaired) electrons.